The summed E-state index contributed by atoms with van der Waals surface area (Å²) in [6.45, 7) is 6.29. The second kappa shape index (κ2) is 5.67. The molecule has 3 heteroatoms. The molecule has 0 radical (unpaired) electrons. The van der Waals surface area contributed by atoms with Crippen molar-refractivity contribution >= 4 is 5.91 Å². The minimum absolute atomic E-state index is 0.117. The molecule has 5 fully saturated rings. The summed E-state index contributed by atoms with van der Waals surface area (Å²) < 4.78 is 0. The average Bonchev–Trinajstić information content (AvgIpc) is 3.13. The van der Waals surface area contributed by atoms with Crippen molar-refractivity contribution in [3.05, 3.63) is 11.6 Å². The highest BCUT2D eigenvalue weighted by Gasteiger charge is 2.54. The van der Waals surface area contributed by atoms with Gasteiger partial charge in [0.25, 0.3) is 0 Å². The highest BCUT2D eigenvalue weighted by atomic mass is 16.2. The lowest BCUT2D eigenvalue weighted by atomic mass is 9.79. The Morgan fingerprint density at radius 3 is 2.82 bits per heavy atom. The first-order valence-corrected chi connectivity index (χ1v) is 9.32. The van der Waals surface area contributed by atoms with Gasteiger partial charge in [-0.05, 0) is 82.6 Å². The van der Waals surface area contributed by atoms with Crippen LogP contribution >= 0.6 is 0 Å². The molecule has 0 aromatic carbocycles. The average molecular weight is 302 g/mol. The Morgan fingerprint density at radius 1 is 1.23 bits per heavy atom. The summed E-state index contributed by atoms with van der Waals surface area (Å²) in [6, 6.07) is 0.618. The molecule has 4 bridgehead atoms. The van der Waals surface area contributed by atoms with Crippen molar-refractivity contribution in [1.29, 1.82) is 0 Å². The Labute approximate surface area is 134 Å². The van der Waals surface area contributed by atoms with Gasteiger partial charge in [0.2, 0.25) is 5.91 Å². The minimum atomic E-state index is 0.117. The number of hydrogen-bond donors (Lipinski definition) is 1. The lowest BCUT2D eigenvalue weighted by Crippen LogP contribution is -2.51. The van der Waals surface area contributed by atoms with E-state index in [-0.39, 0.29) is 6.04 Å². The molecule has 122 valence electrons. The highest BCUT2D eigenvalue weighted by Crippen LogP contribution is 2.58. The van der Waals surface area contributed by atoms with Crippen molar-refractivity contribution < 1.29 is 4.79 Å². The number of rotatable bonds is 4. The molecular formula is C19H30N2O. The Bertz CT molecular complexity index is 482. The number of nitrogens with zero attached hydrogens (tertiary/aromatic N) is 1. The van der Waals surface area contributed by atoms with Crippen LogP contribution < -0.4 is 5.32 Å². The van der Waals surface area contributed by atoms with E-state index in [9.17, 15) is 4.79 Å². The van der Waals surface area contributed by atoms with Gasteiger partial charge in [0.15, 0.2) is 0 Å². The van der Waals surface area contributed by atoms with Gasteiger partial charge in [0.1, 0.15) is 0 Å². The van der Waals surface area contributed by atoms with Crippen molar-refractivity contribution in [3.8, 4) is 0 Å². The van der Waals surface area contributed by atoms with E-state index >= 15 is 0 Å². The van der Waals surface area contributed by atoms with Crippen molar-refractivity contribution in [2.24, 2.45) is 23.7 Å². The van der Waals surface area contributed by atoms with Gasteiger partial charge in [0.05, 0.1) is 6.04 Å². The Hall–Kier alpha value is -0.830. The first-order chi connectivity index (χ1) is 10.7. The summed E-state index contributed by atoms with van der Waals surface area (Å²) >= 11 is 0. The molecule has 0 aromatic rings. The van der Waals surface area contributed by atoms with Crippen LogP contribution in [0.1, 0.15) is 52.4 Å². The summed E-state index contributed by atoms with van der Waals surface area (Å²) in [6.07, 6.45) is 9.97. The monoisotopic (exact) mass is 302 g/mol. The first-order valence-electron chi connectivity index (χ1n) is 9.32. The second-order valence-electron chi connectivity index (χ2n) is 8.29. The van der Waals surface area contributed by atoms with Crippen LogP contribution in [0.3, 0.4) is 0 Å². The second-order valence-corrected chi connectivity index (χ2v) is 8.29. The first kappa shape index (κ1) is 14.7. The zero-order valence-corrected chi connectivity index (χ0v) is 14.1. The van der Waals surface area contributed by atoms with E-state index in [0.717, 1.165) is 49.6 Å². The lowest BCUT2D eigenvalue weighted by Gasteiger charge is -2.34. The molecule has 5 rings (SSSR count). The van der Waals surface area contributed by atoms with Crippen LogP contribution in [-0.4, -0.2) is 36.0 Å². The van der Waals surface area contributed by atoms with E-state index in [1.807, 2.05) is 0 Å². The summed E-state index contributed by atoms with van der Waals surface area (Å²) in [5.74, 6) is 3.84. The molecule has 1 saturated heterocycles. The number of amides is 1. The molecule has 0 aromatic heterocycles. The van der Waals surface area contributed by atoms with E-state index in [2.05, 4.69) is 30.1 Å². The van der Waals surface area contributed by atoms with Gasteiger partial charge < -0.3 is 5.32 Å². The van der Waals surface area contributed by atoms with Gasteiger partial charge >= 0.3 is 0 Å². The zero-order valence-electron chi connectivity index (χ0n) is 14.1. The third kappa shape index (κ3) is 2.42. The summed E-state index contributed by atoms with van der Waals surface area (Å²) in [5, 5.41) is 3.50. The van der Waals surface area contributed by atoms with Crippen LogP contribution in [0.25, 0.3) is 0 Å². The van der Waals surface area contributed by atoms with E-state index in [4.69, 9.17) is 0 Å². The normalized spacial score (nSPS) is 44.0. The van der Waals surface area contributed by atoms with Gasteiger partial charge in [-0.25, -0.2) is 0 Å². The molecule has 6 unspecified atom stereocenters. The van der Waals surface area contributed by atoms with Gasteiger partial charge in [0, 0.05) is 12.6 Å². The SMILES string of the molecule is C/C=C(\C)CN1CCCC1C(=O)NC1C2CC3CC(C2)C1C3. The molecule has 4 aliphatic carbocycles. The molecule has 1 heterocycles. The predicted octanol–water partition coefficient (Wildman–Crippen LogP) is 2.97. The molecule has 1 aliphatic heterocycles. The van der Waals surface area contributed by atoms with Crippen LogP contribution in [0.5, 0.6) is 0 Å². The third-order valence-electron chi connectivity index (χ3n) is 6.98. The zero-order chi connectivity index (χ0) is 15.3. The van der Waals surface area contributed by atoms with Gasteiger partial charge in [-0.15, -0.1) is 0 Å². The highest BCUT2D eigenvalue weighted by molar-refractivity contribution is 5.82. The fourth-order valence-corrected chi connectivity index (χ4v) is 5.95. The van der Waals surface area contributed by atoms with Crippen molar-refractivity contribution in [1.82, 2.24) is 10.2 Å². The van der Waals surface area contributed by atoms with E-state index < -0.39 is 0 Å². The molecule has 3 nitrogen and oxygen atoms in total. The van der Waals surface area contributed by atoms with Crippen LogP contribution in [0.4, 0.5) is 0 Å². The molecule has 22 heavy (non-hydrogen) atoms. The van der Waals surface area contributed by atoms with Gasteiger partial charge in [-0.3, -0.25) is 9.69 Å². The van der Waals surface area contributed by atoms with Crippen molar-refractivity contribution in [3.63, 3.8) is 0 Å². The minimum Gasteiger partial charge on any atom is -0.351 e. The quantitative estimate of drug-likeness (QED) is 0.810. The maximum Gasteiger partial charge on any atom is 0.237 e. The van der Waals surface area contributed by atoms with Crippen LogP contribution in [0, 0.1) is 23.7 Å². The third-order valence-corrected chi connectivity index (χ3v) is 6.98. The maximum atomic E-state index is 12.9. The van der Waals surface area contributed by atoms with E-state index in [1.165, 1.54) is 31.3 Å². The largest absolute Gasteiger partial charge is 0.351 e. The summed E-state index contributed by atoms with van der Waals surface area (Å²) in [5.41, 5.74) is 1.37. The number of likely N-dealkylation sites (tertiary alicyclic amines) is 1. The molecule has 1 N–H and O–H groups in total. The maximum absolute atomic E-state index is 12.9. The molecule has 4 saturated carbocycles. The Kier molecular flexibility index (Phi) is 3.80. The number of nitrogens with one attached hydrogen (secondary N) is 1. The topological polar surface area (TPSA) is 32.3 Å². The van der Waals surface area contributed by atoms with Gasteiger partial charge in [-0.2, -0.15) is 0 Å². The van der Waals surface area contributed by atoms with Crippen LogP contribution in [0.2, 0.25) is 0 Å². The van der Waals surface area contributed by atoms with E-state index in [0.29, 0.717) is 11.9 Å². The number of allylic oxidation sites excluding steroid dienone is 1. The van der Waals surface area contributed by atoms with Crippen LogP contribution in [-0.2, 0) is 4.79 Å². The smallest absolute Gasteiger partial charge is 0.237 e. The van der Waals surface area contributed by atoms with E-state index in [1.54, 1.807) is 0 Å². The molecule has 6 atom stereocenters. The number of carbonyl (C=O) groups excluding carboxylic acids is 1. The van der Waals surface area contributed by atoms with Crippen LogP contribution in [0.15, 0.2) is 11.6 Å². The molecule has 1 amide bonds. The van der Waals surface area contributed by atoms with Gasteiger partial charge in [-0.1, -0.05) is 11.6 Å². The summed E-state index contributed by atoms with van der Waals surface area (Å²) in [7, 11) is 0. The number of hydrogen-bond acceptors (Lipinski definition) is 2. The van der Waals surface area contributed by atoms with Crippen molar-refractivity contribution in [2.75, 3.05) is 13.1 Å². The standard InChI is InChI=1S/C19H30N2O/c1-3-12(2)11-21-6-4-5-17(21)19(22)20-18-15-8-13-7-14(10-15)16(18)9-13/h3,13-18H,4-11H2,1-2H3,(H,20,22)/b12-3+. The molecular weight excluding hydrogens is 272 g/mol. The summed E-state index contributed by atoms with van der Waals surface area (Å²) in [4.78, 5) is 15.2. The molecule has 0 spiro atoms. The Morgan fingerprint density at radius 2 is 2.05 bits per heavy atom. The predicted molar refractivity (Wildman–Crippen MR) is 88.4 cm³/mol. The fraction of sp³-hybridized carbons (Fsp3) is 0.842. The molecule has 5 aliphatic rings. The lowest BCUT2D eigenvalue weighted by molar-refractivity contribution is -0.126. The number of carbonyl (C=O) groups is 1. The fourth-order valence-electron chi connectivity index (χ4n) is 5.95. The Balaban J connectivity index is 1.40. The van der Waals surface area contributed by atoms with Crippen molar-refractivity contribution in [2.45, 2.75) is 64.5 Å².